The fourth-order valence-corrected chi connectivity index (χ4v) is 6.12. The van der Waals surface area contributed by atoms with Gasteiger partial charge in [-0.3, -0.25) is 0 Å². The molecule has 0 radical (unpaired) electrons. The molecule has 0 spiro atoms. The van der Waals surface area contributed by atoms with Gasteiger partial charge in [-0.2, -0.15) is 12.6 Å². The van der Waals surface area contributed by atoms with Crippen LogP contribution in [-0.2, 0) is 0 Å². The molecule has 0 heterocycles. The van der Waals surface area contributed by atoms with E-state index in [1.807, 2.05) is 0 Å². The van der Waals surface area contributed by atoms with Gasteiger partial charge in [-0.15, -0.1) is 0 Å². The lowest BCUT2D eigenvalue weighted by atomic mass is 9.40. The molecule has 0 nitrogen and oxygen atoms in total. The van der Waals surface area contributed by atoms with E-state index in [1.165, 1.54) is 25.7 Å². The van der Waals surface area contributed by atoms with Crippen molar-refractivity contribution in [1.29, 1.82) is 0 Å². The Morgan fingerprint density at radius 1 is 1.28 bits per heavy atom. The molecule has 3 aliphatic rings. The average Bonchev–Trinajstić information content (AvgIpc) is 2.29. The van der Waals surface area contributed by atoms with E-state index in [1.54, 1.807) is 5.57 Å². The fourth-order valence-electron chi connectivity index (χ4n) is 5.64. The standard InChI is InChI=1S/C17H28S/c1-10(2)17-12(4)9-13(17)6-5-11(3)16(17)14-7-8-15(14)18/h6,10-12,14-16,18H,5,7-9H2,1-4H3. The van der Waals surface area contributed by atoms with Crippen molar-refractivity contribution >= 4 is 12.6 Å². The van der Waals surface area contributed by atoms with Gasteiger partial charge in [-0.25, -0.2) is 0 Å². The van der Waals surface area contributed by atoms with Crippen molar-refractivity contribution in [2.75, 3.05) is 0 Å². The van der Waals surface area contributed by atoms with E-state index in [0.29, 0.717) is 10.7 Å². The molecule has 1 heteroatoms. The second-order valence-electron chi connectivity index (χ2n) is 7.47. The topological polar surface area (TPSA) is 0 Å². The molecule has 0 aromatic heterocycles. The SMILES string of the molecule is CC1CC=C2CC(C)C2(C(C)C)C1C1CCC1S. The van der Waals surface area contributed by atoms with Crippen LogP contribution in [0.2, 0.25) is 0 Å². The molecular weight excluding hydrogens is 236 g/mol. The first-order valence-electron chi connectivity index (χ1n) is 7.87. The molecule has 0 amide bonds. The maximum atomic E-state index is 4.84. The summed E-state index contributed by atoms with van der Waals surface area (Å²) in [5.74, 6) is 4.33. The average molecular weight is 264 g/mol. The van der Waals surface area contributed by atoms with Gasteiger partial charge in [0.25, 0.3) is 0 Å². The largest absolute Gasteiger partial charge is 0.176 e. The van der Waals surface area contributed by atoms with E-state index in [-0.39, 0.29) is 0 Å². The second-order valence-corrected chi connectivity index (χ2v) is 8.13. The Hall–Kier alpha value is 0.0900. The highest BCUT2D eigenvalue weighted by Crippen LogP contribution is 2.68. The van der Waals surface area contributed by atoms with Gasteiger partial charge in [0.05, 0.1) is 0 Å². The molecule has 0 bridgehead atoms. The molecule has 2 saturated carbocycles. The zero-order valence-corrected chi connectivity index (χ0v) is 13.2. The summed E-state index contributed by atoms with van der Waals surface area (Å²) in [4.78, 5) is 0. The van der Waals surface area contributed by atoms with Gasteiger partial charge < -0.3 is 0 Å². The Kier molecular flexibility index (Phi) is 3.12. The molecular formula is C17H28S. The third kappa shape index (κ3) is 1.46. The third-order valence-corrected chi connectivity index (χ3v) is 7.15. The second kappa shape index (κ2) is 4.30. The molecule has 2 fully saturated rings. The maximum Gasteiger partial charge on any atom is 0.00482 e. The quantitative estimate of drug-likeness (QED) is 0.529. The number of fused-ring (bicyclic) bond motifs is 1. The van der Waals surface area contributed by atoms with Gasteiger partial charge in [0.2, 0.25) is 0 Å². The molecule has 102 valence electrons. The first-order valence-corrected chi connectivity index (χ1v) is 8.38. The number of rotatable bonds is 2. The highest BCUT2D eigenvalue weighted by atomic mass is 32.1. The summed E-state index contributed by atoms with van der Waals surface area (Å²) in [6.07, 6.45) is 8.05. The first-order chi connectivity index (χ1) is 8.49. The van der Waals surface area contributed by atoms with E-state index >= 15 is 0 Å². The lowest BCUT2D eigenvalue weighted by Crippen LogP contribution is -2.59. The lowest BCUT2D eigenvalue weighted by molar-refractivity contribution is -0.0768. The van der Waals surface area contributed by atoms with Crippen LogP contribution in [0.1, 0.15) is 53.4 Å². The predicted octanol–water partition coefficient (Wildman–Crippen LogP) is 4.96. The van der Waals surface area contributed by atoms with Crippen molar-refractivity contribution in [3.8, 4) is 0 Å². The summed E-state index contributed by atoms with van der Waals surface area (Å²) in [6, 6.07) is 0. The summed E-state index contributed by atoms with van der Waals surface area (Å²) in [7, 11) is 0. The molecule has 3 rings (SSSR count). The highest BCUT2D eigenvalue weighted by molar-refractivity contribution is 7.81. The number of thiol groups is 1. The van der Waals surface area contributed by atoms with Crippen molar-refractivity contribution in [3.63, 3.8) is 0 Å². The van der Waals surface area contributed by atoms with Gasteiger partial charge in [0, 0.05) is 5.25 Å². The van der Waals surface area contributed by atoms with Crippen LogP contribution in [0.15, 0.2) is 11.6 Å². The van der Waals surface area contributed by atoms with Gasteiger partial charge in [0.1, 0.15) is 0 Å². The number of hydrogen-bond donors (Lipinski definition) is 1. The Morgan fingerprint density at radius 3 is 2.44 bits per heavy atom. The molecule has 0 saturated heterocycles. The monoisotopic (exact) mass is 264 g/mol. The van der Waals surface area contributed by atoms with Crippen LogP contribution in [0.25, 0.3) is 0 Å². The molecule has 0 aliphatic heterocycles. The smallest absolute Gasteiger partial charge is 0.00482 e. The summed E-state index contributed by atoms with van der Waals surface area (Å²) in [5.41, 5.74) is 2.34. The summed E-state index contributed by atoms with van der Waals surface area (Å²) >= 11 is 4.84. The Balaban J connectivity index is 2.00. The van der Waals surface area contributed by atoms with E-state index < -0.39 is 0 Å². The first kappa shape index (κ1) is 13.1. The van der Waals surface area contributed by atoms with E-state index in [4.69, 9.17) is 12.6 Å². The van der Waals surface area contributed by atoms with Crippen molar-refractivity contribution in [3.05, 3.63) is 11.6 Å². The number of allylic oxidation sites excluding steroid dienone is 2. The Morgan fingerprint density at radius 2 is 2.00 bits per heavy atom. The summed E-state index contributed by atoms with van der Waals surface area (Å²) in [5, 5.41) is 0.681. The minimum atomic E-state index is 0.531. The van der Waals surface area contributed by atoms with Crippen LogP contribution in [0.3, 0.4) is 0 Å². The molecule has 0 aromatic rings. The van der Waals surface area contributed by atoms with Crippen LogP contribution in [-0.4, -0.2) is 5.25 Å². The van der Waals surface area contributed by atoms with Crippen LogP contribution >= 0.6 is 12.6 Å². The molecule has 6 unspecified atom stereocenters. The zero-order chi connectivity index (χ0) is 13.1. The number of hydrogen-bond acceptors (Lipinski definition) is 1. The van der Waals surface area contributed by atoms with Crippen molar-refractivity contribution in [2.24, 2.45) is 35.0 Å². The zero-order valence-electron chi connectivity index (χ0n) is 12.3. The Labute approximate surface area is 118 Å². The van der Waals surface area contributed by atoms with Crippen LogP contribution in [0.4, 0.5) is 0 Å². The molecule has 18 heavy (non-hydrogen) atoms. The van der Waals surface area contributed by atoms with Crippen molar-refractivity contribution in [1.82, 2.24) is 0 Å². The van der Waals surface area contributed by atoms with E-state index in [2.05, 4.69) is 33.8 Å². The van der Waals surface area contributed by atoms with Gasteiger partial charge in [-0.05, 0) is 60.7 Å². The van der Waals surface area contributed by atoms with Gasteiger partial charge in [-0.1, -0.05) is 39.3 Å². The molecule has 0 aromatic carbocycles. The minimum absolute atomic E-state index is 0.531. The predicted molar refractivity (Wildman–Crippen MR) is 81.9 cm³/mol. The normalized spacial score (nSPS) is 51.2. The minimum Gasteiger partial charge on any atom is -0.176 e. The van der Waals surface area contributed by atoms with Crippen LogP contribution in [0, 0.1) is 35.0 Å². The van der Waals surface area contributed by atoms with Crippen LogP contribution in [0.5, 0.6) is 0 Å². The van der Waals surface area contributed by atoms with Crippen molar-refractivity contribution in [2.45, 2.75) is 58.6 Å². The lowest BCUT2D eigenvalue weighted by Gasteiger charge is -2.65. The van der Waals surface area contributed by atoms with E-state index in [0.717, 1.165) is 29.6 Å². The highest BCUT2D eigenvalue weighted by Gasteiger charge is 2.61. The third-order valence-electron chi connectivity index (χ3n) is 6.50. The van der Waals surface area contributed by atoms with Gasteiger partial charge >= 0.3 is 0 Å². The van der Waals surface area contributed by atoms with E-state index in [9.17, 15) is 0 Å². The maximum absolute atomic E-state index is 4.84. The van der Waals surface area contributed by atoms with Crippen LogP contribution < -0.4 is 0 Å². The Bertz CT molecular complexity index is 363. The molecule has 6 atom stereocenters. The molecule has 0 N–H and O–H groups in total. The van der Waals surface area contributed by atoms with Crippen molar-refractivity contribution < 1.29 is 0 Å². The fraction of sp³-hybridized carbons (Fsp3) is 0.882. The summed E-state index contributed by atoms with van der Waals surface area (Å²) < 4.78 is 0. The summed E-state index contributed by atoms with van der Waals surface area (Å²) in [6.45, 7) is 9.90. The molecule has 3 aliphatic carbocycles. The van der Waals surface area contributed by atoms with Gasteiger partial charge in [0.15, 0.2) is 0 Å².